The van der Waals surface area contributed by atoms with E-state index in [2.05, 4.69) is 9.88 Å². The highest BCUT2D eigenvalue weighted by atomic mass is 16.4. The number of carbonyl (C=O) groups excluding carboxylic acids is 1. The van der Waals surface area contributed by atoms with Crippen LogP contribution in [0, 0.1) is 0 Å². The molecule has 21 heavy (non-hydrogen) atoms. The largest absolute Gasteiger partial charge is 0.456 e. The van der Waals surface area contributed by atoms with Gasteiger partial charge in [-0.05, 0) is 24.3 Å². The molecule has 3 heterocycles. The molecular formula is C16H19N3O2. The van der Waals surface area contributed by atoms with Crippen molar-refractivity contribution in [2.75, 3.05) is 31.1 Å². The van der Waals surface area contributed by atoms with Gasteiger partial charge in [0.2, 0.25) is 0 Å². The number of nitrogens with zero attached hydrogens (tertiary/aromatic N) is 3. The molecule has 0 bridgehead atoms. The molecule has 1 aliphatic rings. The van der Waals surface area contributed by atoms with Crippen molar-refractivity contribution in [1.82, 2.24) is 9.88 Å². The second-order valence-electron chi connectivity index (χ2n) is 5.09. The number of pyridine rings is 1. The highest BCUT2D eigenvalue weighted by Gasteiger charge is 2.24. The van der Waals surface area contributed by atoms with Crippen LogP contribution in [0.5, 0.6) is 0 Å². The van der Waals surface area contributed by atoms with E-state index in [0.717, 1.165) is 31.1 Å². The second-order valence-corrected chi connectivity index (χ2v) is 5.09. The molecule has 1 amide bonds. The smallest absolute Gasteiger partial charge is 0.289 e. The Morgan fingerprint density at radius 1 is 1.19 bits per heavy atom. The van der Waals surface area contributed by atoms with Crippen molar-refractivity contribution in [3.05, 3.63) is 48.0 Å². The van der Waals surface area contributed by atoms with Crippen molar-refractivity contribution in [3.8, 4) is 0 Å². The maximum absolute atomic E-state index is 12.4. The number of hydrogen-bond donors (Lipinski definition) is 0. The van der Waals surface area contributed by atoms with E-state index in [4.69, 9.17) is 4.42 Å². The fraction of sp³-hybridized carbons (Fsp3) is 0.375. The zero-order valence-electron chi connectivity index (χ0n) is 12.2. The molecule has 0 atom stereocenters. The summed E-state index contributed by atoms with van der Waals surface area (Å²) < 4.78 is 5.54. The molecule has 2 aromatic heterocycles. The average Bonchev–Trinajstić information content (AvgIpc) is 3.04. The fourth-order valence-electron chi connectivity index (χ4n) is 2.52. The molecule has 0 unspecified atom stereocenters. The van der Waals surface area contributed by atoms with Crippen molar-refractivity contribution < 1.29 is 9.21 Å². The maximum atomic E-state index is 12.4. The molecule has 0 radical (unpaired) electrons. The molecule has 0 aromatic carbocycles. The van der Waals surface area contributed by atoms with Crippen LogP contribution in [0.1, 0.15) is 23.2 Å². The van der Waals surface area contributed by atoms with Crippen molar-refractivity contribution >= 4 is 11.7 Å². The molecule has 0 saturated carbocycles. The van der Waals surface area contributed by atoms with Crippen molar-refractivity contribution in [2.45, 2.75) is 13.3 Å². The summed E-state index contributed by atoms with van der Waals surface area (Å²) in [4.78, 5) is 20.8. The van der Waals surface area contributed by atoms with Gasteiger partial charge in [-0.2, -0.15) is 0 Å². The number of rotatable bonds is 3. The van der Waals surface area contributed by atoms with Crippen LogP contribution in [-0.2, 0) is 6.42 Å². The molecule has 5 heteroatoms. The summed E-state index contributed by atoms with van der Waals surface area (Å²) >= 11 is 0. The van der Waals surface area contributed by atoms with Crippen LogP contribution < -0.4 is 4.90 Å². The highest BCUT2D eigenvalue weighted by molar-refractivity contribution is 5.91. The predicted molar refractivity (Wildman–Crippen MR) is 80.4 cm³/mol. The standard InChI is InChI=1S/C16H19N3O2/c1-2-13-6-7-14(21-13)16(20)19-11-9-18(10-12-19)15-5-3-4-8-17-15/h3-8H,2,9-12H2,1H3. The molecule has 0 aliphatic carbocycles. The summed E-state index contributed by atoms with van der Waals surface area (Å²) in [6.07, 6.45) is 2.60. The lowest BCUT2D eigenvalue weighted by Gasteiger charge is -2.34. The Hall–Kier alpha value is -2.30. The minimum absolute atomic E-state index is 0.0182. The number of anilines is 1. The van der Waals surface area contributed by atoms with E-state index in [1.165, 1.54) is 0 Å². The monoisotopic (exact) mass is 285 g/mol. The van der Waals surface area contributed by atoms with Crippen molar-refractivity contribution in [3.63, 3.8) is 0 Å². The Labute approximate surface area is 124 Å². The Morgan fingerprint density at radius 3 is 2.62 bits per heavy atom. The third-order valence-electron chi connectivity index (χ3n) is 3.76. The van der Waals surface area contributed by atoms with Crippen molar-refractivity contribution in [1.29, 1.82) is 0 Å². The van der Waals surface area contributed by atoms with E-state index in [0.29, 0.717) is 18.8 Å². The van der Waals surface area contributed by atoms with Gasteiger partial charge >= 0.3 is 0 Å². The van der Waals surface area contributed by atoms with Gasteiger partial charge in [0.25, 0.3) is 5.91 Å². The van der Waals surface area contributed by atoms with E-state index in [9.17, 15) is 4.79 Å². The third-order valence-corrected chi connectivity index (χ3v) is 3.76. The van der Waals surface area contributed by atoms with Gasteiger partial charge in [0, 0.05) is 38.8 Å². The lowest BCUT2D eigenvalue weighted by molar-refractivity contribution is 0.0712. The van der Waals surface area contributed by atoms with Crippen LogP contribution in [0.3, 0.4) is 0 Å². The minimum Gasteiger partial charge on any atom is -0.456 e. The topological polar surface area (TPSA) is 49.6 Å². The lowest BCUT2D eigenvalue weighted by atomic mass is 10.2. The third kappa shape index (κ3) is 2.91. The van der Waals surface area contributed by atoms with Gasteiger partial charge in [0.05, 0.1) is 0 Å². The molecule has 3 rings (SSSR count). The van der Waals surface area contributed by atoms with Gasteiger partial charge in [-0.1, -0.05) is 13.0 Å². The van der Waals surface area contributed by atoms with E-state index in [1.807, 2.05) is 36.1 Å². The minimum atomic E-state index is -0.0182. The molecule has 1 aliphatic heterocycles. The predicted octanol–water partition coefficient (Wildman–Crippen LogP) is 2.20. The molecule has 5 nitrogen and oxygen atoms in total. The Balaban J connectivity index is 1.61. The van der Waals surface area contributed by atoms with Gasteiger partial charge < -0.3 is 14.2 Å². The summed E-state index contributed by atoms with van der Waals surface area (Å²) in [6.45, 7) is 4.99. The second kappa shape index (κ2) is 5.99. The first kappa shape index (κ1) is 13.7. The maximum Gasteiger partial charge on any atom is 0.289 e. The van der Waals surface area contributed by atoms with Gasteiger partial charge in [0.1, 0.15) is 11.6 Å². The number of piperazine rings is 1. The molecule has 1 saturated heterocycles. The first-order valence-corrected chi connectivity index (χ1v) is 7.32. The molecule has 1 fully saturated rings. The SMILES string of the molecule is CCc1ccc(C(=O)N2CCN(c3ccccn3)CC2)o1. The summed E-state index contributed by atoms with van der Waals surface area (Å²) in [5.74, 6) is 2.25. The molecule has 0 N–H and O–H groups in total. The van der Waals surface area contributed by atoms with E-state index in [1.54, 1.807) is 12.3 Å². The van der Waals surface area contributed by atoms with Crippen LogP contribution in [-0.4, -0.2) is 42.0 Å². The van der Waals surface area contributed by atoms with E-state index < -0.39 is 0 Å². The van der Waals surface area contributed by atoms with Crippen LogP contribution in [0.25, 0.3) is 0 Å². The zero-order chi connectivity index (χ0) is 14.7. The van der Waals surface area contributed by atoms with E-state index in [-0.39, 0.29) is 5.91 Å². The Bertz CT molecular complexity index is 601. The molecule has 110 valence electrons. The number of amides is 1. The molecular weight excluding hydrogens is 266 g/mol. The van der Waals surface area contributed by atoms with E-state index >= 15 is 0 Å². The van der Waals surface area contributed by atoms with Crippen LogP contribution in [0.4, 0.5) is 5.82 Å². The van der Waals surface area contributed by atoms with Crippen LogP contribution >= 0.6 is 0 Å². The van der Waals surface area contributed by atoms with Gasteiger partial charge in [0.15, 0.2) is 5.76 Å². The highest BCUT2D eigenvalue weighted by Crippen LogP contribution is 2.16. The number of aryl methyl sites for hydroxylation is 1. The Morgan fingerprint density at radius 2 is 2.00 bits per heavy atom. The van der Waals surface area contributed by atoms with Gasteiger partial charge in [-0.25, -0.2) is 4.98 Å². The number of furan rings is 1. The summed E-state index contributed by atoms with van der Waals surface area (Å²) in [7, 11) is 0. The number of carbonyl (C=O) groups is 1. The fourth-order valence-corrected chi connectivity index (χ4v) is 2.52. The number of hydrogen-bond acceptors (Lipinski definition) is 4. The van der Waals surface area contributed by atoms with Crippen LogP contribution in [0.15, 0.2) is 40.9 Å². The summed E-state index contributed by atoms with van der Waals surface area (Å²) in [5, 5.41) is 0. The molecule has 2 aromatic rings. The first-order chi connectivity index (χ1) is 10.3. The normalized spacial score (nSPS) is 15.3. The lowest BCUT2D eigenvalue weighted by Crippen LogP contribution is -2.49. The van der Waals surface area contributed by atoms with Gasteiger partial charge in [-0.3, -0.25) is 4.79 Å². The Kier molecular flexibility index (Phi) is 3.90. The zero-order valence-corrected chi connectivity index (χ0v) is 12.2. The summed E-state index contributed by atoms with van der Waals surface area (Å²) in [5.41, 5.74) is 0. The van der Waals surface area contributed by atoms with Gasteiger partial charge in [-0.15, -0.1) is 0 Å². The van der Waals surface area contributed by atoms with Crippen molar-refractivity contribution in [2.24, 2.45) is 0 Å². The molecule has 0 spiro atoms. The summed E-state index contributed by atoms with van der Waals surface area (Å²) in [6, 6.07) is 9.53. The first-order valence-electron chi connectivity index (χ1n) is 7.32. The van der Waals surface area contributed by atoms with Crippen LogP contribution in [0.2, 0.25) is 0 Å². The average molecular weight is 285 g/mol. The number of aromatic nitrogens is 1. The quantitative estimate of drug-likeness (QED) is 0.867.